The number of nitrogens with zero attached hydrogens (tertiary/aromatic N) is 1. The third-order valence-electron chi connectivity index (χ3n) is 4.45. The quantitative estimate of drug-likeness (QED) is 0.503. The zero-order chi connectivity index (χ0) is 19.1. The van der Waals surface area contributed by atoms with Crippen molar-refractivity contribution < 1.29 is 4.79 Å². The van der Waals surface area contributed by atoms with Crippen LogP contribution in [0.15, 0.2) is 53.3 Å². The van der Waals surface area contributed by atoms with E-state index in [0.29, 0.717) is 17.5 Å². The molecule has 0 aliphatic rings. The molecular weight excluding hydrogens is 376 g/mol. The number of amides is 1. The highest BCUT2D eigenvalue weighted by Crippen LogP contribution is 2.26. The van der Waals surface area contributed by atoms with Gasteiger partial charge in [-0.1, -0.05) is 36.8 Å². The fourth-order valence-electron chi connectivity index (χ4n) is 3.07. The molecule has 0 unspecified atom stereocenters. The molecule has 0 aliphatic heterocycles. The highest BCUT2D eigenvalue weighted by molar-refractivity contribution is 5.95. The summed E-state index contributed by atoms with van der Waals surface area (Å²) < 4.78 is 0. The number of aromatic amines is 1. The van der Waals surface area contributed by atoms with Crippen LogP contribution in [0.2, 0.25) is 0 Å². The highest BCUT2D eigenvalue weighted by atomic mass is 35.5. The molecule has 0 saturated carbocycles. The maximum atomic E-state index is 12.2. The first kappa shape index (κ1) is 21.6. The van der Waals surface area contributed by atoms with Crippen molar-refractivity contribution in [3.8, 4) is 11.3 Å². The van der Waals surface area contributed by atoms with E-state index >= 15 is 0 Å². The molecular formula is C21H25ClN4O2. The molecule has 3 N–H and O–H groups in total. The third kappa shape index (κ3) is 5.41. The number of nitrogens with one attached hydrogen (secondary N) is 3. The Labute approximate surface area is 170 Å². The summed E-state index contributed by atoms with van der Waals surface area (Å²) in [5.41, 5.74) is 2.05. The Kier molecular flexibility index (Phi) is 8.17. The molecule has 3 aromatic rings. The van der Waals surface area contributed by atoms with Crippen molar-refractivity contribution in [3.05, 3.63) is 58.9 Å². The van der Waals surface area contributed by atoms with Gasteiger partial charge in [0, 0.05) is 23.1 Å². The van der Waals surface area contributed by atoms with E-state index in [1.54, 1.807) is 6.07 Å². The number of carbonyl (C=O) groups excluding carboxylic acids is 1. The number of carbonyl (C=O) groups is 1. The molecule has 0 saturated heterocycles. The van der Waals surface area contributed by atoms with Gasteiger partial charge in [0.1, 0.15) is 0 Å². The number of benzene rings is 2. The molecule has 6 nitrogen and oxygen atoms in total. The molecule has 28 heavy (non-hydrogen) atoms. The number of hydrogen-bond acceptors (Lipinski definition) is 4. The van der Waals surface area contributed by atoms with Crippen LogP contribution in [0.5, 0.6) is 0 Å². The average Bonchev–Trinajstić information content (AvgIpc) is 2.68. The van der Waals surface area contributed by atoms with Crippen molar-refractivity contribution in [2.24, 2.45) is 0 Å². The zero-order valence-corrected chi connectivity index (χ0v) is 16.6. The standard InChI is InChI=1S/C21H24N4O2.ClH/c1-22-13-6-2-3-12-19(26)23-16-9-7-8-15(14-16)20-17-10-4-5-11-18(17)21(27)25-24-20;/h4-5,7-11,14,22H,2-3,6,12-13H2,1H3,(H,23,26)(H,25,27);1H. The predicted octanol–water partition coefficient (Wildman–Crippen LogP) is 3.73. The van der Waals surface area contributed by atoms with Gasteiger partial charge in [0.05, 0.1) is 11.1 Å². The average molecular weight is 401 g/mol. The topological polar surface area (TPSA) is 86.9 Å². The number of fused-ring (bicyclic) bond motifs is 1. The van der Waals surface area contributed by atoms with Crippen LogP contribution >= 0.6 is 12.4 Å². The van der Waals surface area contributed by atoms with E-state index in [4.69, 9.17) is 0 Å². The normalized spacial score (nSPS) is 10.5. The van der Waals surface area contributed by atoms with E-state index in [2.05, 4.69) is 20.8 Å². The van der Waals surface area contributed by atoms with E-state index in [0.717, 1.165) is 42.4 Å². The molecule has 2 aromatic carbocycles. The minimum Gasteiger partial charge on any atom is -0.326 e. The Hall–Kier alpha value is -2.70. The molecule has 0 bridgehead atoms. The summed E-state index contributed by atoms with van der Waals surface area (Å²) in [6, 6.07) is 14.9. The number of unbranched alkanes of at least 4 members (excludes halogenated alkanes) is 2. The zero-order valence-electron chi connectivity index (χ0n) is 15.8. The summed E-state index contributed by atoms with van der Waals surface area (Å²) in [6.45, 7) is 0.976. The van der Waals surface area contributed by atoms with Crippen LogP contribution < -0.4 is 16.2 Å². The molecule has 1 amide bonds. The van der Waals surface area contributed by atoms with E-state index < -0.39 is 0 Å². The van der Waals surface area contributed by atoms with Gasteiger partial charge in [-0.25, -0.2) is 5.10 Å². The lowest BCUT2D eigenvalue weighted by molar-refractivity contribution is -0.116. The smallest absolute Gasteiger partial charge is 0.272 e. The van der Waals surface area contributed by atoms with E-state index in [1.807, 2.05) is 49.5 Å². The number of aromatic nitrogens is 2. The van der Waals surface area contributed by atoms with E-state index in [-0.39, 0.29) is 23.9 Å². The summed E-state index contributed by atoms with van der Waals surface area (Å²) in [6.07, 6.45) is 3.49. The molecule has 3 rings (SSSR count). The van der Waals surface area contributed by atoms with Crippen LogP contribution in [0.1, 0.15) is 25.7 Å². The van der Waals surface area contributed by atoms with Crippen LogP contribution in [-0.2, 0) is 4.79 Å². The second-order valence-electron chi connectivity index (χ2n) is 6.49. The van der Waals surface area contributed by atoms with E-state index in [9.17, 15) is 9.59 Å². The largest absolute Gasteiger partial charge is 0.326 e. The van der Waals surface area contributed by atoms with Gasteiger partial charge >= 0.3 is 0 Å². The van der Waals surface area contributed by atoms with Gasteiger partial charge in [0.25, 0.3) is 5.56 Å². The molecule has 1 aromatic heterocycles. The molecule has 0 aliphatic carbocycles. The number of anilines is 1. The Morgan fingerprint density at radius 1 is 1.04 bits per heavy atom. The number of hydrogen-bond donors (Lipinski definition) is 3. The van der Waals surface area contributed by atoms with Gasteiger partial charge in [0.2, 0.25) is 5.91 Å². The second kappa shape index (κ2) is 10.6. The Balaban J connectivity index is 0.00000280. The Morgan fingerprint density at radius 3 is 2.61 bits per heavy atom. The minimum atomic E-state index is -0.211. The summed E-state index contributed by atoms with van der Waals surface area (Å²) in [4.78, 5) is 24.1. The van der Waals surface area contributed by atoms with Gasteiger partial charge in [-0.15, -0.1) is 12.4 Å². The summed E-state index contributed by atoms with van der Waals surface area (Å²) in [5, 5.41) is 14.2. The summed E-state index contributed by atoms with van der Waals surface area (Å²) in [7, 11) is 1.93. The van der Waals surface area contributed by atoms with Crippen molar-refractivity contribution in [2.75, 3.05) is 18.9 Å². The van der Waals surface area contributed by atoms with Crippen molar-refractivity contribution in [1.29, 1.82) is 0 Å². The molecule has 148 valence electrons. The Bertz CT molecular complexity index is 987. The predicted molar refractivity (Wildman–Crippen MR) is 116 cm³/mol. The molecule has 0 atom stereocenters. The van der Waals surface area contributed by atoms with Gasteiger partial charge in [-0.05, 0) is 44.6 Å². The summed E-state index contributed by atoms with van der Waals surface area (Å²) in [5.74, 6) is 0.0101. The maximum Gasteiger partial charge on any atom is 0.272 e. The Morgan fingerprint density at radius 2 is 1.82 bits per heavy atom. The molecule has 1 heterocycles. The monoisotopic (exact) mass is 400 g/mol. The first-order valence-electron chi connectivity index (χ1n) is 9.21. The maximum absolute atomic E-state index is 12.2. The lowest BCUT2D eigenvalue weighted by Crippen LogP contribution is -2.12. The van der Waals surface area contributed by atoms with E-state index in [1.165, 1.54) is 0 Å². The minimum absolute atomic E-state index is 0. The van der Waals surface area contributed by atoms with Crippen LogP contribution in [0.4, 0.5) is 5.69 Å². The first-order chi connectivity index (χ1) is 13.2. The van der Waals surface area contributed by atoms with Crippen molar-refractivity contribution in [1.82, 2.24) is 15.5 Å². The molecule has 0 radical (unpaired) electrons. The number of H-pyrrole nitrogens is 1. The summed E-state index contributed by atoms with van der Waals surface area (Å²) >= 11 is 0. The van der Waals surface area contributed by atoms with Crippen molar-refractivity contribution in [3.63, 3.8) is 0 Å². The number of halogens is 1. The third-order valence-corrected chi connectivity index (χ3v) is 4.45. The SMILES string of the molecule is CNCCCCCC(=O)Nc1cccc(-c2n[nH]c(=O)c3ccccc23)c1.Cl. The second-order valence-corrected chi connectivity index (χ2v) is 6.49. The first-order valence-corrected chi connectivity index (χ1v) is 9.21. The lowest BCUT2D eigenvalue weighted by atomic mass is 10.0. The van der Waals surface area contributed by atoms with Gasteiger partial charge in [-0.3, -0.25) is 9.59 Å². The number of rotatable bonds is 8. The van der Waals surface area contributed by atoms with Crippen LogP contribution in [0, 0.1) is 0 Å². The van der Waals surface area contributed by atoms with Gasteiger partial charge in [0.15, 0.2) is 0 Å². The fraction of sp³-hybridized carbons (Fsp3) is 0.286. The van der Waals surface area contributed by atoms with Crippen molar-refractivity contribution >= 4 is 34.8 Å². The fourth-order valence-corrected chi connectivity index (χ4v) is 3.07. The van der Waals surface area contributed by atoms with Crippen LogP contribution in [0.25, 0.3) is 22.0 Å². The molecule has 7 heteroatoms. The van der Waals surface area contributed by atoms with Gasteiger partial charge in [-0.2, -0.15) is 5.10 Å². The van der Waals surface area contributed by atoms with Gasteiger partial charge < -0.3 is 10.6 Å². The molecule has 0 spiro atoms. The lowest BCUT2D eigenvalue weighted by Gasteiger charge is -2.09. The highest BCUT2D eigenvalue weighted by Gasteiger charge is 2.09. The van der Waals surface area contributed by atoms with Crippen molar-refractivity contribution in [2.45, 2.75) is 25.7 Å². The van der Waals surface area contributed by atoms with Crippen LogP contribution in [-0.4, -0.2) is 29.7 Å². The van der Waals surface area contributed by atoms with Crippen LogP contribution in [0.3, 0.4) is 0 Å². The molecule has 0 fully saturated rings.